The van der Waals surface area contributed by atoms with Crippen LogP contribution >= 0.6 is 23.4 Å². The average molecular weight is 420 g/mol. The van der Waals surface area contributed by atoms with Gasteiger partial charge >= 0.3 is 0 Å². The zero-order valence-electron chi connectivity index (χ0n) is 15.7. The SMILES string of the molecule is Cn1c(SCC(=O)N2CCN(C(=O)C3CC3)CC2)nnc1-c1ccc(Cl)cc1. The van der Waals surface area contributed by atoms with Crippen LogP contribution in [-0.2, 0) is 16.6 Å². The van der Waals surface area contributed by atoms with E-state index in [1.165, 1.54) is 11.8 Å². The second-order valence-corrected chi connectivity index (χ2v) is 8.52. The van der Waals surface area contributed by atoms with Crippen molar-refractivity contribution in [2.45, 2.75) is 18.0 Å². The molecule has 0 radical (unpaired) electrons. The van der Waals surface area contributed by atoms with Crippen LogP contribution in [-0.4, -0.2) is 68.3 Å². The van der Waals surface area contributed by atoms with E-state index in [1.807, 2.05) is 45.7 Å². The minimum atomic E-state index is 0.0690. The summed E-state index contributed by atoms with van der Waals surface area (Å²) in [5.41, 5.74) is 0.925. The van der Waals surface area contributed by atoms with Gasteiger partial charge in [-0.2, -0.15) is 0 Å². The number of hydrogen-bond donors (Lipinski definition) is 0. The van der Waals surface area contributed by atoms with Gasteiger partial charge in [0.1, 0.15) is 0 Å². The van der Waals surface area contributed by atoms with E-state index < -0.39 is 0 Å². The Kier molecular flexibility index (Phi) is 5.59. The Bertz CT molecular complexity index is 873. The Morgan fingerprint density at radius 2 is 1.71 bits per heavy atom. The molecule has 0 spiro atoms. The first-order valence-corrected chi connectivity index (χ1v) is 10.7. The minimum absolute atomic E-state index is 0.0690. The lowest BCUT2D eigenvalue weighted by atomic mass is 10.2. The topological polar surface area (TPSA) is 71.3 Å². The molecule has 1 saturated carbocycles. The summed E-state index contributed by atoms with van der Waals surface area (Å²) in [6.07, 6.45) is 2.04. The molecular weight excluding hydrogens is 398 g/mol. The van der Waals surface area contributed by atoms with Crippen LogP contribution < -0.4 is 0 Å². The average Bonchev–Trinajstić information content (AvgIpc) is 3.50. The molecular formula is C19H22ClN5O2S. The van der Waals surface area contributed by atoms with Crippen molar-refractivity contribution in [3.05, 3.63) is 29.3 Å². The molecule has 1 aliphatic carbocycles. The molecule has 2 aromatic rings. The molecule has 1 aromatic heterocycles. The molecule has 2 aliphatic rings. The number of piperazine rings is 1. The van der Waals surface area contributed by atoms with E-state index in [0.29, 0.717) is 42.1 Å². The predicted octanol–water partition coefficient (Wildman–Crippen LogP) is 2.31. The number of nitrogens with zero attached hydrogens (tertiary/aromatic N) is 5. The van der Waals surface area contributed by atoms with Crippen molar-refractivity contribution in [2.24, 2.45) is 13.0 Å². The molecule has 2 amide bonds. The molecule has 4 rings (SSSR count). The Labute approximate surface area is 173 Å². The summed E-state index contributed by atoms with van der Waals surface area (Å²) in [6, 6.07) is 7.42. The molecule has 2 heterocycles. The van der Waals surface area contributed by atoms with Crippen molar-refractivity contribution in [1.82, 2.24) is 24.6 Å². The maximum Gasteiger partial charge on any atom is 0.233 e. The highest BCUT2D eigenvalue weighted by molar-refractivity contribution is 7.99. The summed E-state index contributed by atoms with van der Waals surface area (Å²) in [6.45, 7) is 2.48. The van der Waals surface area contributed by atoms with Crippen molar-refractivity contribution < 1.29 is 9.59 Å². The zero-order valence-corrected chi connectivity index (χ0v) is 17.2. The minimum Gasteiger partial charge on any atom is -0.339 e. The molecule has 0 N–H and O–H groups in total. The number of carbonyl (C=O) groups is 2. The maximum absolute atomic E-state index is 12.5. The van der Waals surface area contributed by atoms with E-state index in [1.54, 1.807) is 0 Å². The van der Waals surface area contributed by atoms with Gasteiger partial charge < -0.3 is 14.4 Å². The molecule has 0 atom stereocenters. The second kappa shape index (κ2) is 8.13. The molecule has 28 heavy (non-hydrogen) atoms. The van der Waals surface area contributed by atoms with Crippen LogP contribution in [0.3, 0.4) is 0 Å². The Morgan fingerprint density at radius 1 is 1.07 bits per heavy atom. The van der Waals surface area contributed by atoms with Crippen molar-refractivity contribution in [3.8, 4) is 11.4 Å². The molecule has 148 valence electrons. The van der Waals surface area contributed by atoms with Gasteiger partial charge in [0.25, 0.3) is 0 Å². The van der Waals surface area contributed by atoms with Crippen molar-refractivity contribution in [2.75, 3.05) is 31.9 Å². The number of amides is 2. The Morgan fingerprint density at radius 3 is 2.36 bits per heavy atom. The third kappa shape index (κ3) is 4.17. The fourth-order valence-corrected chi connectivity index (χ4v) is 4.21. The van der Waals surface area contributed by atoms with E-state index >= 15 is 0 Å². The standard InChI is InChI=1S/C19H22ClN5O2S/c1-23-17(13-4-6-15(20)7-5-13)21-22-19(23)28-12-16(26)24-8-10-25(11-9-24)18(27)14-2-3-14/h4-7,14H,2-3,8-12H2,1H3. The van der Waals surface area contributed by atoms with E-state index in [4.69, 9.17) is 11.6 Å². The number of aromatic nitrogens is 3. The Balaban J connectivity index is 1.30. The van der Waals surface area contributed by atoms with Gasteiger partial charge in [-0.25, -0.2) is 0 Å². The summed E-state index contributed by atoms with van der Waals surface area (Å²) in [5, 5.41) is 9.82. The molecule has 1 aromatic carbocycles. The van der Waals surface area contributed by atoms with Gasteiger partial charge in [0, 0.05) is 49.7 Å². The fraction of sp³-hybridized carbons (Fsp3) is 0.474. The number of thioether (sulfide) groups is 1. The first kappa shape index (κ1) is 19.3. The summed E-state index contributed by atoms with van der Waals surface area (Å²) >= 11 is 7.32. The highest BCUT2D eigenvalue weighted by atomic mass is 35.5. The number of rotatable bonds is 5. The van der Waals surface area contributed by atoms with Crippen LogP contribution in [0, 0.1) is 5.92 Å². The van der Waals surface area contributed by atoms with Gasteiger partial charge in [-0.3, -0.25) is 9.59 Å². The van der Waals surface area contributed by atoms with Crippen molar-refractivity contribution >= 4 is 35.2 Å². The lowest BCUT2D eigenvalue weighted by Crippen LogP contribution is -2.51. The number of benzene rings is 1. The van der Waals surface area contributed by atoms with Crippen molar-refractivity contribution in [3.63, 3.8) is 0 Å². The molecule has 9 heteroatoms. The quantitative estimate of drug-likeness (QED) is 0.695. The lowest BCUT2D eigenvalue weighted by Gasteiger charge is -2.34. The van der Waals surface area contributed by atoms with Gasteiger partial charge in [-0.05, 0) is 37.1 Å². The molecule has 1 saturated heterocycles. The van der Waals surface area contributed by atoms with Gasteiger partial charge in [0.2, 0.25) is 11.8 Å². The Hall–Kier alpha value is -2.06. The second-order valence-electron chi connectivity index (χ2n) is 7.14. The zero-order chi connectivity index (χ0) is 19.7. The molecule has 2 fully saturated rings. The number of hydrogen-bond acceptors (Lipinski definition) is 5. The number of halogens is 1. The van der Waals surface area contributed by atoms with Crippen LogP contribution in [0.1, 0.15) is 12.8 Å². The first-order valence-electron chi connectivity index (χ1n) is 9.37. The molecule has 0 bridgehead atoms. The van der Waals surface area contributed by atoms with Crippen LogP contribution in [0.25, 0.3) is 11.4 Å². The maximum atomic E-state index is 12.5. The predicted molar refractivity (Wildman–Crippen MR) is 108 cm³/mol. The van der Waals surface area contributed by atoms with Gasteiger partial charge in [0.15, 0.2) is 11.0 Å². The highest BCUT2D eigenvalue weighted by Crippen LogP contribution is 2.31. The number of carbonyl (C=O) groups excluding carboxylic acids is 2. The normalized spacial score (nSPS) is 17.1. The summed E-state index contributed by atoms with van der Waals surface area (Å²) in [4.78, 5) is 28.4. The van der Waals surface area contributed by atoms with Gasteiger partial charge in [-0.1, -0.05) is 23.4 Å². The highest BCUT2D eigenvalue weighted by Gasteiger charge is 2.35. The van der Waals surface area contributed by atoms with Crippen LogP contribution in [0.15, 0.2) is 29.4 Å². The molecule has 0 unspecified atom stereocenters. The van der Waals surface area contributed by atoms with Crippen molar-refractivity contribution in [1.29, 1.82) is 0 Å². The van der Waals surface area contributed by atoms with E-state index in [9.17, 15) is 9.59 Å². The van der Waals surface area contributed by atoms with Gasteiger partial charge in [0.05, 0.1) is 5.75 Å². The summed E-state index contributed by atoms with van der Waals surface area (Å²) < 4.78 is 1.88. The first-order chi connectivity index (χ1) is 13.5. The third-order valence-electron chi connectivity index (χ3n) is 5.13. The van der Waals surface area contributed by atoms with Gasteiger partial charge in [-0.15, -0.1) is 10.2 Å². The van der Waals surface area contributed by atoms with E-state index in [-0.39, 0.29) is 17.7 Å². The molecule has 7 nitrogen and oxygen atoms in total. The van der Waals surface area contributed by atoms with Crippen LogP contribution in [0.4, 0.5) is 0 Å². The smallest absolute Gasteiger partial charge is 0.233 e. The molecule has 1 aliphatic heterocycles. The summed E-state index contributed by atoms with van der Waals surface area (Å²) in [7, 11) is 1.89. The largest absolute Gasteiger partial charge is 0.339 e. The van der Waals surface area contributed by atoms with E-state index in [2.05, 4.69) is 10.2 Å². The van der Waals surface area contributed by atoms with Crippen LogP contribution in [0.5, 0.6) is 0 Å². The lowest BCUT2D eigenvalue weighted by molar-refractivity contribution is -0.139. The third-order valence-corrected chi connectivity index (χ3v) is 6.39. The monoisotopic (exact) mass is 419 g/mol. The van der Waals surface area contributed by atoms with E-state index in [0.717, 1.165) is 24.2 Å². The summed E-state index contributed by atoms with van der Waals surface area (Å²) in [5.74, 6) is 1.61. The fourth-order valence-electron chi connectivity index (χ4n) is 3.27. The van der Waals surface area contributed by atoms with Crippen LogP contribution in [0.2, 0.25) is 5.02 Å².